The summed E-state index contributed by atoms with van der Waals surface area (Å²) < 4.78 is 7.57. The zero-order valence-electron chi connectivity index (χ0n) is 10.4. The summed E-state index contributed by atoms with van der Waals surface area (Å²) in [5.74, 6) is 0.725. The predicted molar refractivity (Wildman–Crippen MR) is 65.8 cm³/mol. The lowest BCUT2D eigenvalue weighted by atomic mass is 10.1. The lowest BCUT2D eigenvalue weighted by Gasteiger charge is -2.27. The summed E-state index contributed by atoms with van der Waals surface area (Å²) in [5.41, 5.74) is 8.60. The molecule has 94 valence electrons. The van der Waals surface area contributed by atoms with Crippen LogP contribution in [0.5, 0.6) is 0 Å². The average Bonchev–Trinajstić information content (AvgIpc) is 2.97. The molecular weight excluding hydrogens is 216 g/mol. The molecule has 0 bridgehead atoms. The summed E-state index contributed by atoms with van der Waals surface area (Å²) in [6, 6.07) is 0.387. The Morgan fingerprint density at radius 1 is 1.53 bits per heavy atom. The molecule has 0 radical (unpaired) electrons. The van der Waals surface area contributed by atoms with Gasteiger partial charge < -0.3 is 10.5 Å². The minimum Gasteiger partial charge on any atom is -0.382 e. The molecule has 0 amide bonds. The molecule has 0 aliphatic carbocycles. The standard InChI is InChI=1S/C12H20N4O/c1-2-15-5-3-10-11(7-15)16(14-12(10)13)9-4-6-17-8-9/h9H,2-8H2,1H3,(H2,13,14). The van der Waals surface area contributed by atoms with Crippen molar-refractivity contribution in [1.29, 1.82) is 0 Å². The maximum atomic E-state index is 6.03. The van der Waals surface area contributed by atoms with Gasteiger partial charge in [-0.3, -0.25) is 9.58 Å². The van der Waals surface area contributed by atoms with Crippen molar-refractivity contribution in [3.63, 3.8) is 0 Å². The molecule has 1 aromatic rings. The Labute approximate surface area is 102 Å². The number of aromatic nitrogens is 2. The third-order valence-corrected chi connectivity index (χ3v) is 3.90. The number of fused-ring (bicyclic) bond motifs is 1. The van der Waals surface area contributed by atoms with Crippen LogP contribution in [0.15, 0.2) is 0 Å². The third kappa shape index (κ3) is 1.83. The Kier molecular flexibility index (Phi) is 2.80. The van der Waals surface area contributed by atoms with Crippen LogP contribution in [0.2, 0.25) is 0 Å². The van der Waals surface area contributed by atoms with Gasteiger partial charge in [0.25, 0.3) is 0 Å². The molecule has 2 aliphatic heterocycles. The zero-order valence-corrected chi connectivity index (χ0v) is 10.4. The molecule has 2 N–H and O–H groups in total. The van der Waals surface area contributed by atoms with E-state index < -0.39 is 0 Å². The lowest BCUT2D eigenvalue weighted by Crippen LogP contribution is -2.32. The van der Waals surface area contributed by atoms with Crippen LogP contribution in [-0.2, 0) is 17.7 Å². The van der Waals surface area contributed by atoms with Gasteiger partial charge >= 0.3 is 0 Å². The van der Waals surface area contributed by atoms with Gasteiger partial charge in [0.2, 0.25) is 0 Å². The molecule has 17 heavy (non-hydrogen) atoms. The number of rotatable bonds is 2. The van der Waals surface area contributed by atoms with Crippen LogP contribution in [0.25, 0.3) is 0 Å². The van der Waals surface area contributed by atoms with Crippen molar-refractivity contribution < 1.29 is 4.74 Å². The Hall–Kier alpha value is -1.07. The van der Waals surface area contributed by atoms with E-state index in [0.717, 1.165) is 51.5 Å². The minimum atomic E-state index is 0.387. The van der Waals surface area contributed by atoms with E-state index in [4.69, 9.17) is 10.5 Å². The SMILES string of the molecule is CCN1CCc2c(N)nn(C3CCOC3)c2C1. The van der Waals surface area contributed by atoms with Crippen LogP contribution in [0.4, 0.5) is 5.82 Å². The fourth-order valence-corrected chi connectivity index (χ4v) is 2.81. The Bertz CT molecular complexity index is 409. The second-order valence-electron chi connectivity index (χ2n) is 4.89. The summed E-state index contributed by atoms with van der Waals surface area (Å²) in [6.45, 7) is 6.99. The summed E-state index contributed by atoms with van der Waals surface area (Å²) in [5, 5.41) is 4.53. The van der Waals surface area contributed by atoms with Gasteiger partial charge in [0.05, 0.1) is 18.3 Å². The third-order valence-electron chi connectivity index (χ3n) is 3.90. The maximum absolute atomic E-state index is 6.03. The normalized spacial score (nSPS) is 25.1. The molecule has 5 nitrogen and oxygen atoms in total. The van der Waals surface area contributed by atoms with Gasteiger partial charge in [0, 0.05) is 25.3 Å². The molecule has 2 aliphatic rings. The molecule has 1 fully saturated rings. The number of nitrogens with zero attached hydrogens (tertiary/aromatic N) is 3. The summed E-state index contributed by atoms with van der Waals surface area (Å²) >= 11 is 0. The van der Waals surface area contributed by atoms with E-state index in [9.17, 15) is 0 Å². The van der Waals surface area contributed by atoms with Crippen molar-refractivity contribution in [3.8, 4) is 0 Å². The fraction of sp³-hybridized carbons (Fsp3) is 0.750. The van der Waals surface area contributed by atoms with Crippen molar-refractivity contribution in [2.75, 3.05) is 32.0 Å². The number of hydrogen-bond donors (Lipinski definition) is 1. The van der Waals surface area contributed by atoms with Crippen molar-refractivity contribution in [1.82, 2.24) is 14.7 Å². The van der Waals surface area contributed by atoms with E-state index in [-0.39, 0.29) is 0 Å². The quantitative estimate of drug-likeness (QED) is 0.825. The molecule has 1 atom stereocenters. The van der Waals surface area contributed by atoms with Gasteiger partial charge in [-0.25, -0.2) is 0 Å². The highest BCUT2D eigenvalue weighted by molar-refractivity contribution is 5.44. The van der Waals surface area contributed by atoms with Crippen molar-refractivity contribution in [2.45, 2.75) is 32.4 Å². The lowest BCUT2D eigenvalue weighted by molar-refractivity contribution is 0.181. The van der Waals surface area contributed by atoms with Gasteiger partial charge in [-0.1, -0.05) is 6.92 Å². The Morgan fingerprint density at radius 3 is 3.12 bits per heavy atom. The van der Waals surface area contributed by atoms with Crippen LogP contribution in [-0.4, -0.2) is 41.0 Å². The van der Waals surface area contributed by atoms with E-state index in [1.54, 1.807) is 0 Å². The second kappa shape index (κ2) is 4.31. The van der Waals surface area contributed by atoms with E-state index in [1.807, 2.05) is 0 Å². The molecule has 0 saturated carbocycles. The Morgan fingerprint density at radius 2 is 2.41 bits per heavy atom. The highest BCUT2D eigenvalue weighted by atomic mass is 16.5. The zero-order chi connectivity index (χ0) is 11.8. The molecule has 0 aromatic carbocycles. The first-order chi connectivity index (χ1) is 8.29. The van der Waals surface area contributed by atoms with Crippen molar-refractivity contribution >= 4 is 5.82 Å². The average molecular weight is 236 g/mol. The Balaban J connectivity index is 1.94. The summed E-state index contributed by atoms with van der Waals surface area (Å²) in [4.78, 5) is 2.44. The van der Waals surface area contributed by atoms with Crippen LogP contribution in [0.1, 0.15) is 30.6 Å². The van der Waals surface area contributed by atoms with Crippen molar-refractivity contribution in [3.05, 3.63) is 11.3 Å². The molecule has 5 heteroatoms. The largest absolute Gasteiger partial charge is 0.382 e. The predicted octanol–water partition coefficient (Wildman–Crippen LogP) is 0.805. The van der Waals surface area contributed by atoms with Gasteiger partial charge in [0.15, 0.2) is 0 Å². The second-order valence-corrected chi connectivity index (χ2v) is 4.89. The topological polar surface area (TPSA) is 56.3 Å². The highest BCUT2D eigenvalue weighted by Gasteiger charge is 2.28. The minimum absolute atomic E-state index is 0.387. The van der Waals surface area contributed by atoms with Gasteiger partial charge in [-0.05, 0) is 19.4 Å². The summed E-state index contributed by atoms with van der Waals surface area (Å²) in [6.07, 6.45) is 2.09. The first-order valence-corrected chi connectivity index (χ1v) is 6.45. The van der Waals surface area contributed by atoms with Gasteiger partial charge in [-0.15, -0.1) is 0 Å². The number of hydrogen-bond acceptors (Lipinski definition) is 4. The molecular formula is C12H20N4O. The number of nitrogens with two attached hydrogens (primary N) is 1. The summed E-state index contributed by atoms with van der Waals surface area (Å²) in [7, 11) is 0. The number of ether oxygens (including phenoxy) is 1. The van der Waals surface area contributed by atoms with Crippen LogP contribution >= 0.6 is 0 Å². The monoisotopic (exact) mass is 236 g/mol. The van der Waals surface area contributed by atoms with Gasteiger partial charge in [0.1, 0.15) is 5.82 Å². The van der Waals surface area contributed by atoms with Crippen molar-refractivity contribution in [2.24, 2.45) is 0 Å². The number of likely N-dealkylation sites (N-methyl/N-ethyl adjacent to an activating group) is 1. The molecule has 1 aromatic heterocycles. The van der Waals surface area contributed by atoms with E-state index in [0.29, 0.717) is 6.04 Å². The number of anilines is 1. The highest BCUT2D eigenvalue weighted by Crippen LogP contribution is 2.29. The number of nitrogen functional groups attached to an aromatic ring is 1. The van der Waals surface area contributed by atoms with Crippen LogP contribution < -0.4 is 5.73 Å². The maximum Gasteiger partial charge on any atom is 0.149 e. The van der Waals surface area contributed by atoms with Gasteiger partial charge in [-0.2, -0.15) is 5.10 Å². The first-order valence-electron chi connectivity index (χ1n) is 6.45. The smallest absolute Gasteiger partial charge is 0.149 e. The molecule has 0 spiro atoms. The van der Waals surface area contributed by atoms with Crippen LogP contribution in [0.3, 0.4) is 0 Å². The van der Waals surface area contributed by atoms with Crippen LogP contribution in [0, 0.1) is 0 Å². The molecule has 3 rings (SSSR count). The molecule has 1 unspecified atom stereocenters. The van der Waals surface area contributed by atoms with E-state index >= 15 is 0 Å². The first kappa shape index (κ1) is 11.0. The fourth-order valence-electron chi connectivity index (χ4n) is 2.81. The van der Waals surface area contributed by atoms with E-state index in [1.165, 1.54) is 11.3 Å². The molecule has 3 heterocycles. The van der Waals surface area contributed by atoms with E-state index in [2.05, 4.69) is 21.6 Å². The molecule has 1 saturated heterocycles.